The molecule has 0 aliphatic carbocycles. The Balaban J connectivity index is 1.89. The van der Waals surface area contributed by atoms with Gasteiger partial charge in [0.05, 0.1) is 11.3 Å². The van der Waals surface area contributed by atoms with Crippen molar-refractivity contribution in [2.24, 2.45) is 0 Å². The van der Waals surface area contributed by atoms with Crippen molar-refractivity contribution in [3.8, 4) is 5.75 Å². The number of ether oxygens (including phenoxy) is 1. The first-order valence-corrected chi connectivity index (χ1v) is 8.52. The van der Waals surface area contributed by atoms with Gasteiger partial charge in [-0.25, -0.2) is 4.79 Å². The van der Waals surface area contributed by atoms with Crippen LogP contribution in [-0.4, -0.2) is 17.0 Å². The molecule has 0 radical (unpaired) electrons. The van der Waals surface area contributed by atoms with E-state index in [9.17, 15) is 14.7 Å². The zero-order chi connectivity index (χ0) is 19.2. The van der Waals surface area contributed by atoms with E-state index in [2.05, 4.69) is 5.32 Å². The van der Waals surface area contributed by atoms with Gasteiger partial charge in [0.25, 0.3) is 5.91 Å². The first kappa shape index (κ1) is 18.5. The Hall–Kier alpha value is -3.31. The summed E-state index contributed by atoms with van der Waals surface area (Å²) in [7, 11) is 0. The Kier molecular flexibility index (Phi) is 5.74. The summed E-state index contributed by atoms with van der Waals surface area (Å²) >= 11 is 5.92. The molecular formula is C21H16ClNO4. The fraction of sp³-hybridized carbons (Fsp3) is 0.0476. The second kappa shape index (κ2) is 8.38. The number of carboxylic acid groups (broad SMARTS) is 1. The van der Waals surface area contributed by atoms with Gasteiger partial charge in [0, 0.05) is 10.6 Å². The summed E-state index contributed by atoms with van der Waals surface area (Å²) in [6, 6.07) is 20.4. The smallest absolute Gasteiger partial charge is 0.337 e. The standard InChI is InChI=1S/C21H16ClNO4/c22-16-9-4-8-15(12-16)20(24)23-19-17(21(25)26)10-5-11-18(19)27-13-14-6-2-1-3-7-14/h1-12H,13H2,(H,23,24)(H,25,26). The minimum absolute atomic E-state index is 0.0593. The molecule has 0 saturated carbocycles. The largest absolute Gasteiger partial charge is 0.487 e. The van der Waals surface area contributed by atoms with E-state index in [-0.39, 0.29) is 23.6 Å². The maximum absolute atomic E-state index is 12.5. The van der Waals surface area contributed by atoms with E-state index in [1.165, 1.54) is 12.1 Å². The van der Waals surface area contributed by atoms with Gasteiger partial charge in [0.2, 0.25) is 0 Å². The van der Waals surface area contributed by atoms with E-state index in [4.69, 9.17) is 16.3 Å². The third-order valence-corrected chi connectivity index (χ3v) is 4.05. The molecule has 3 aromatic carbocycles. The number of carbonyl (C=O) groups is 2. The van der Waals surface area contributed by atoms with Gasteiger partial charge in [-0.3, -0.25) is 4.79 Å². The van der Waals surface area contributed by atoms with Gasteiger partial charge < -0.3 is 15.2 Å². The number of nitrogens with one attached hydrogen (secondary N) is 1. The lowest BCUT2D eigenvalue weighted by atomic mass is 10.1. The van der Waals surface area contributed by atoms with Gasteiger partial charge in [-0.05, 0) is 35.9 Å². The predicted octanol–water partition coefficient (Wildman–Crippen LogP) is 4.87. The van der Waals surface area contributed by atoms with Gasteiger partial charge in [-0.1, -0.05) is 54.1 Å². The zero-order valence-corrected chi connectivity index (χ0v) is 14.9. The molecule has 6 heteroatoms. The molecular weight excluding hydrogens is 366 g/mol. The van der Waals surface area contributed by atoms with Crippen molar-refractivity contribution in [2.45, 2.75) is 6.61 Å². The molecule has 3 aromatic rings. The Labute approximate surface area is 161 Å². The number of anilines is 1. The van der Waals surface area contributed by atoms with Gasteiger partial charge in [0.1, 0.15) is 12.4 Å². The molecule has 3 rings (SSSR count). The number of aromatic carboxylic acids is 1. The number of para-hydroxylation sites is 1. The van der Waals surface area contributed by atoms with Crippen LogP contribution in [0.3, 0.4) is 0 Å². The molecule has 0 atom stereocenters. The van der Waals surface area contributed by atoms with Crippen LogP contribution in [0.4, 0.5) is 5.69 Å². The third-order valence-electron chi connectivity index (χ3n) is 3.82. The van der Waals surface area contributed by atoms with Crippen LogP contribution >= 0.6 is 11.6 Å². The summed E-state index contributed by atoms with van der Waals surface area (Å²) in [5.74, 6) is -1.37. The van der Waals surface area contributed by atoms with E-state index in [0.29, 0.717) is 10.6 Å². The summed E-state index contributed by atoms with van der Waals surface area (Å²) < 4.78 is 5.77. The first-order valence-electron chi connectivity index (χ1n) is 8.14. The number of hydrogen-bond acceptors (Lipinski definition) is 3. The molecule has 0 spiro atoms. The summed E-state index contributed by atoms with van der Waals surface area (Å²) in [6.07, 6.45) is 0. The lowest BCUT2D eigenvalue weighted by molar-refractivity contribution is 0.0697. The van der Waals surface area contributed by atoms with Crippen molar-refractivity contribution in [2.75, 3.05) is 5.32 Å². The number of carboxylic acids is 1. The van der Waals surface area contributed by atoms with Crippen molar-refractivity contribution in [3.05, 3.63) is 94.5 Å². The summed E-state index contributed by atoms with van der Waals surface area (Å²) in [5, 5.41) is 12.5. The fourth-order valence-electron chi connectivity index (χ4n) is 2.51. The normalized spacial score (nSPS) is 10.3. The number of hydrogen-bond donors (Lipinski definition) is 2. The van der Waals surface area contributed by atoms with Gasteiger partial charge in [-0.2, -0.15) is 0 Å². The van der Waals surface area contributed by atoms with Crippen LogP contribution in [0.1, 0.15) is 26.3 Å². The molecule has 0 aromatic heterocycles. The van der Waals surface area contributed by atoms with Crippen molar-refractivity contribution in [3.63, 3.8) is 0 Å². The quantitative estimate of drug-likeness (QED) is 0.638. The fourth-order valence-corrected chi connectivity index (χ4v) is 2.70. The lowest BCUT2D eigenvalue weighted by Gasteiger charge is -2.15. The second-order valence-electron chi connectivity index (χ2n) is 5.72. The van der Waals surface area contributed by atoms with E-state index in [1.807, 2.05) is 30.3 Å². The van der Waals surface area contributed by atoms with Crippen LogP contribution in [0.5, 0.6) is 5.75 Å². The van der Waals surface area contributed by atoms with Crippen LogP contribution in [0.15, 0.2) is 72.8 Å². The minimum atomic E-state index is -1.17. The average Bonchev–Trinajstić information content (AvgIpc) is 2.67. The monoisotopic (exact) mass is 381 g/mol. The Morgan fingerprint density at radius 2 is 1.70 bits per heavy atom. The van der Waals surface area contributed by atoms with Crippen LogP contribution in [-0.2, 0) is 6.61 Å². The molecule has 0 aliphatic heterocycles. The number of carbonyl (C=O) groups excluding carboxylic acids is 1. The highest BCUT2D eigenvalue weighted by atomic mass is 35.5. The van der Waals surface area contributed by atoms with E-state index in [1.54, 1.807) is 30.3 Å². The minimum Gasteiger partial charge on any atom is -0.487 e. The molecule has 0 unspecified atom stereocenters. The second-order valence-corrected chi connectivity index (χ2v) is 6.16. The van der Waals surface area contributed by atoms with E-state index >= 15 is 0 Å². The summed E-state index contributed by atoms with van der Waals surface area (Å²) in [4.78, 5) is 24.1. The Morgan fingerprint density at radius 1 is 0.963 bits per heavy atom. The van der Waals surface area contributed by atoms with E-state index < -0.39 is 11.9 Å². The summed E-state index contributed by atoms with van der Waals surface area (Å²) in [5.41, 5.74) is 1.28. The Bertz CT molecular complexity index is 973. The number of halogens is 1. The lowest BCUT2D eigenvalue weighted by Crippen LogP contribution is -2.16. The zero-order valence-electron chi connectivity index (χ0n) is 14.2. The number of benzene rings is 3. The molecule has 1 amide bonds. The number of rotatable bonds is 6. The molecule has 0 fully saturated rings. The molecule has 0 bridgehead atoms. The molecule has 0 saturated heterocycles. The van der Waals surface area contributed by atoms with Crippen molar-refractivity contribution < 1.29 is 19.4 Å². The van der Waals surface area contributed by atoms with Crippen LogP contribution in [0.25, 0.3) is 0 Å². The molecule has 0 heterocycles. The van der Waals surface area contributed by atoms with Crippen molar-refractivity contribution >= 4 is 29.2 Å². The predicted molar refractivity (Wildman–Crippen MR) is 104 cm³/mol. The first-order chi connectivity index (χ1) is 13.0. The molecule has 136 valence electrons. The average molecular weight is 382 g/mol. The van der Waals surface area contributed by atoms with Crippen LogP contribution in [0, 0.1) is 0 Å². The molecule has 2 N–H and O–H groups in total. The van der Waals surface area contributed by atoms with E-state index in [0.717, 1.165) is 5.56 Å². The highest BCUT2D eigenvalue weighted by Crippen LogP contribution is 2.30. The molecule has 0 aliphatic rings. The number of amides is 1. The SMILES string of the molecule is O=C(Nc1c(OCc2ccccc2)cccc1C(=O)O)c1cccc(Cl)c1. The maximum atomic E-state index is 12.5. The van der Waals surface area contributed by atoms with Gasteiger partial charge >= 0.3 is 5.97 Å². The molecule has 5 nitrogen and oxygen atoms in total. The maximum Gasteiger partial charge on any atom is 0.337 e. The van der Waals surface area contributed by atoms with Crippen molar-refractivity contribution in [1.82, 2.24) is 0 Å². The van der Waals surface area contributed by atoms with Gasteiger partial charge in [0.15, 0.2) is 0 Å². The topological polar surface area (TPSA) is 75.6 Å². The van der Waals surface area contributed by atoms with Gasteiger partial charge in [-0.15, -0.1) is 0 Å². The van der Waals surface area contributed by atoms with Crippen molar-refractivity contribution in [1.29, 1.82) is 0 Å². The van der Waals surface area contributed by atoms with Crippen LogP contribution in [0.2, 0.25) is 5.02 Å². The highest BCUT2D eigenvalue weighted by molar-refractivity contribution is 6.31. The van der Waals surface area contributed by atoms with Crippen LogP contribution < -0.4 is 10.1 Å². The molecule has 27 heavy (non-hydrogen) atoms. The third kappa shape index (κ3) is 4.65. The Morgan fingerprint density at radius 3 is 2.41 bits per heavy atom. The highest BCUT2D eigenvalue weighted by Gasteiger charge is 2.18. The summed E-state index contributed by atoms with van der Waals surface area (Å²) in [6.45, 7) is 0.240.